The zero-order valence-corrected chi connectivity index (χ0v) is 9.02. The van der Waals surface area contributed by atoms with Crippen molar-refractivity contribution in [2.24, 2.45) is 12.8 Å². The Kier molecular flexibility index (Phi) is 2.23. The number of carbonyl (C=O) groups excluding carboxylic acids is 2. The van der Waals surface area contributed by atoms with Gasteiger partial charge in [0.15, 0.2) is 0 Å². The molecule has 0 radical (unpaired) electrons. The molecule has 0 spiro atoms. The number of primary amides is 1. The maximum atomic E-state index is 11.4. The molecule has 0 bridgehead atoms. The van der Waals surface area contributed by atoms with Gasteiger partial charge in [-0.1, -0.05) is 0 Å². The molecule has 0 saturated carbocycles. The number of benzene rings is 1. The lowest BCUT2D eigenvalue weighted by Crippen LogP contribution is -2.22. The number of nitrogens with two attached hydrogens (primary N) is 1. The van der Waals surface area contributed by atoms with Gasteiger partial charge in [0.25, 0.3) is 5.91 Å². The van der Waals surface area contributed by atoms with E-state index in [-0.39, 0.29) is 5.56 Å². The van der Waals surface area contributed by atoms with Gasteiger partial charge in [-0.2, -0.15) is 0 Å². The number of Topliss-reactive ketones (excluding diaryl/α,β-unsaturated/α-hetero) is 1. The number of ketones is 1. The molecule has 82 valence electrons. The molecular formula is C11H11N3O2. The maximum absolute atomic E-state index is 11.4. The minimum absolute atomic E-state index is 0.276. The van der Waals surface area contributed by atoms with Gasteiger partial charge in [0.2, 0.25) is 5.78 Å². The molecule has 0 fully saturated rings. The highest BCUT2D eigenvalue weighted by atomic mass is 16.2. The third-order valence-electron chi connectivity index (χ3n) is 2.59. The Bertz CT molecular complexity index is 599. The standard InChI is InChI=1S/C11H11N3O2/c1-6-13-8-5-7(10(15)11(12)16)3-4-9(8)14(6)2/h3-5H,1-2H3,(H2,12,16). The summed E-state index contributed by atoms with van der Waals surface area (Å²) in [5.41, 5.74) is 6.81. The van der Waals surface area contributed by atoms with Gasteiger partial charge in [-0.15, -0.1) is 0 Å². The van der Waals surface area contributed by atoms with E-state index in [1.807, 2.05) is 18.5 Å². The third-order valence-corrected chi connectivity index (χ3v) is 2.59. The van der Waals surface area contributed by atoms with Crippen molar-refractivity contribution in [2.45, 2.75) is 6.92 Å². The lowest BCUT2D eigenvalue weighted by molar-refractivity contribution is -0.114. The van der Waals surface area contributed by atoms with Crippen molar-refractivity contribution >= 4 is 22.7 Å². The first-order chi connectivity index (χ1) is 7.50. The zero-order chi connectivity index (χ0) is 11.9. The second kappa shape index (κ2) is 3.44. The van der Waals surface area contributed by atoms with E-state index in [9.17, 15) is 9.59 Å². The van der Waals surface area contributed by atoms with Crippen LogP contribution < -0.4 is 5.73 Å². The van der Waals surface area contributed by atoms with Crippen molar-refractivity contribution in [3.63, 3.8) is 0 Å². The van der Waals surface area contributed by atoms with Crippen LogP contribution in [-0.4, -0.2) is 21.2 Å². The summed E-state index contributed by atoms with van der Waals surface area (Å²) in [7, 11) is 1.89. The monoisotopic (exact) mass is 217 g/mol. The number of hydrogen-bond donors (Lipinski definition) is 1. The molecule has 0 atom stereocenters. The summed E-state index contributed by atoms with van der Waals surface area (Å²) in [4.78, 5) is 26.4. The van der Waals surface area contributed by atoms with Gasteiger partial charge in [-0.25, -0.2) is 4.98 Å². The number of aromatic nitrogens is 2. The van der Waals surface area contributed by atoms with E-state index < -0.39 is 11.7 Å². The fourth-order valence-electron chi connectivity index (χ4n) is 1.60. The number of carbonyl (C=O) groups is 2. The first-order valence-electron chi connectivity index (χ1n) is 4.78. The minimum Gasteiger partial charge on any atom is -0.363 e. The quantitative estimate of drug-likeness (QED) is 0.589. The summed E-state index contributed by atoms with van der Waals surface area (Å²) in [6, 6.07) is 4.91. The lowest BCUT2D eigenvalue weighted by atomic mass is 10.1. The van der Waals surface area contributed by atoms with E-state index in [0.29, 0.717) is 5.52 Å². The number of fused-ring (bicyclic) bond motifs is 1. The average Bonchev–Trinajstić information content (AvgIpc) is 2.53. The molecule has 2 rings (SSSR count). The van der Waals surface area contributed by atoms with Gasteiger partial charge in [-0.05, 0) is 25.1 Å². The summed E-state index contributed by atoms with van der Waals surface area (Å²) in [6.07, 6.45) is 0. The van der Waals surface area contributed by atoms with Crippen molar-refractivity contribution in [1.82, 2.24) is 9.55 Å². The summed E-state index contributed by atoms with van der Waals surface area (Å²) < 4.78 is 1.91. The number of rotatable bonds is 2. The fourth-order valence-corrected chi connectivity index (χ4v) is 1.60. The maximum Gasteiger partial charge on any atom is 0.289 e. The van der Waals surface area contributed by atoms with Gasteiger partial charge in [-0.3, -0.25) is 9.59 Å². The van der Waals surface area contributed by atoms with Crippen LogP contribution in [0.3, 0.4) is 0 Å². The highest BCUT2D eigenvalue weighted by molar-refractivity contribution is 6.42. The number of aryl methyl sites for hydroxylation is 2. The highest BCUT2D eigenvalue weighted by Crippen LogP contribution is 2.16. The Morgan fingerprint density at radius 3 is 2.69 bits per heavy atom. The van der Waals surface area contributed by atoms with Crippen LogP contribution >= 0.6 is 0 Å². The Balaban J connectivity index is 2.61. The number of hydrogen-bond acceptors (Lipinski definition) is 3. The fraction of sp³-hybridized carbons (Fsp3) is 0.182. The third kappa shape index (κ3) is 1.46. The Morgan fingerprint density at radius 1 is 1.38 bits per heavy atom. The lowest BCUT2D eigenvalue weighted by Gasteiger charge is -1.98. The minimum atomic E-state index is -0.952. The highest BCUT2D eigenvalue weighted by Gasteiger charge is 2.14. The van der Waals surface area contributed by atoms with Gasteiger partial charge in [0, 0.05) is 12.6 Å². The average molecular weight is 217 g/mol. The van der Waals surface area contributed by atoms with Crippen LogP contribution in [0.25, 0.3) is 11.0 Å². The molecule has 2 aromatic rings. The molecule has 0 saturated heterocycles. The summed E-state index contributed by atoms with van der Waals surface area (Å²) in [5, 5.41) is 0. The van der Waals surface area contributed by atoms with E-state index in [1.165, 1.54) is 0 Å². The molecule has 5 nitrogen and oxygen atoms in total. The van der Waals surface area contributed by atoms with Crippen molar-refractivity contribution in [2.75, 3.05) is 0 Å². The number of amides is 1. The summed E-state index contributed by atoms with van der Waals surface area (Å²) in [5.74, 6) is -0.795. The van der Waals surface area contributed by atoms with Crippen LogP contribution in [0.1, 0.15) is 16.2 Å². The smallest absolute Gasteiger partial charge is 0.289 e. The SMILES string of the molecule is Cc1nc2cc(C(=O)C(N)=O)ccc2n1C. The van der Waals surface area contributed by atoms with E-state index >= 15 is 0 Å². The van der Waals surface area contributed by atoms with Crippen LogP contribution in [0.5, 0.6) is 0 Å². The summed E-state index contributed by atoms with van der Waals surface area (Å²) >= 11 is 0. The van der Waals surface area contributed by atoms with Crippen LogP contribution in [0.2, 0.25) is 0 Å². The van der Waals surface area contributed by atoms with Crippen LogP contribution in [0, 0.1) is 6.92 Å². The van der Waals surface area contributed by atoms with E-state index in [2.05, 4.69) is 4.98 Å². The van der Waals surface area contributed by atoms with Gasteiger partial charge in [0.1, 0.15) is 5.82 Å². The molecule has 0 aliphatic rings. The number of nitrogens with zero attached hydrogens (tertiary/aromatic N) is 2. The Hall–Kier alpha value is -2.17. The van der Waals surface area contributed by atoms with E-state index in [4.69, 9.17) is 5.73 Å². The molecular weight excluding hydrogens is 206 g/mol. The molecule has 2 N–H and O–H groups in total. The van der Waals surface area contributed by atoms with Gasteiger partial charge >= 0.3 is 0 Å². The molecule has 1 heterocycles. The predicted octanol–water partition coefficient (Wildman–Crippen LogP) is 0.550. The summed E-state index contributed by atoms with van der Waals surface area (Å²) in [6.45, 7) is 1.87. The molecule has 0 aliphatic heterocycles. The zero-order valence-electron chi connectivity index (χ0n) is 9.02. The van der Waals surface area contributed by atoms with Crippen molar-refractivity contribution < 1.29 is 9.59 Å². The van der Waals surface area contributed by atoms with Crippen molar-refractivity contribution in [3.8, 4) is 0 Å². The molecule has 16 heavy (non-hydrogen) atoms. The second-order valence-electron chi connectivity index (χ2n) is 3.61. The molecule has 0 unspecified atom stereocenters. The molecule has 1 aromatic heterocycles. The molecule has 5 heteroatoms. The van der Waals surface area contributed by atoms with Crippen molar-refractivity contribution in [3.05, 3.63) is 29.6 Å². The van der Waals surface area contributed by atoms with Crippen molar-refractivity contribution in [1.29, 1.82) is 0 Å². The first kappa shape index (κ1) is 10.4. The van der Waals surface area contributed by atoms with E-state index in [0.717, 1.165) is 11.3 Å². The molecule has 1 amide bonds. The Labute approximate surface area is 91.9 Å². The van der Waals surface area contributed by atoms with Gasteiger partial charge < -0.3 is 10.3 Å². The molecule has 0 aliphatic carbocycles. The van der Waals surface area contributed by atoms with Gasteiger partial charge in [0.05, 0.1) is 11.0 Å². The van der Waals surface area contributed by atoms with E-state index in [1.54, 1.807) is 18.2 Å². The number of imidazole rings is 1. The largest absolute Gasteiger partial charge is 0.363 e. The normalized spacial score (nSPS) is 10.6. The Morgan fingerprint density at radius 2 is 2.06 bits per heavy atom. The predicted molar refractivity (Wildman–Crippen MR) is 59.0 cm³/mol. The molecule has 1 aromatic carbocycles. The second-order valence-corrected chi connectivity index (χ2v) is 3.61. The van der Waals surface area contributed by atoms with Crippen LogP contribution in [-0.2, 0) is 11.8 Å². The van der Waals surface area contributed by atoms with Crippen LogP contribution in [0.4, 0.5) is 0 Å². The topological polar surface area (TPSA) is 78.0 Å². The van der Waals surface area contributed by atoms with Crippen LogP contribution in [0.15, 0.2) is 18.2 Å². The first-order valence-corrected chi connectivity index (χ1v) is 4.78.